The Kier molecular flexibility index (Phi) is 2.38. The molecule has 1 spiro atoms. The van der Waals surface area contributed by atoms with Crippen LogP contribution in [-0.4, -0.2) is 11.6 Å². The lowest BCUT2D eigenvalue weighted by Crippen LogP contribution is -2.30. The first-order valence-electron chi connectivity index (χ1n) is 5.59. The minimum atomic E-state index is -0.213. The minimum absolute atomic E-state index is 0.0816. The van der Waals surface area contributed by atoms with Crippen molar-refractivity contribution in [2.24, 2.45) is 5.92 Å². The van der Waals surface area contributed by atoms with Crippen molar-refractivity contribution in [3.05, 3.63) is 11.6 Å². The van der Waals surface area contributed by atoms with Crippen molar-refractivity contribution in [2.75, 3.05) is 0 Å². The molecule has 0 bridgehead atoms. The minimum Gasteiger partial charge on any atom is -0.451 e. The molecule has 2 aliphatic rings. The summed E-state index contributed by atoms with van der Waals surface area (Å²) in [5.41, 5.74) is 0.668. The van der Waals surface area contributed by atoms with Crippen molar-refractivity contribution in [3.8, 4) is 0 Å². The smallest absolute Gasteiger partial charge is 0.334 e. The zero-order valence-electron chi connectivity index (χ0n) is 9.01. The van der Waals surface area contributed by atoms with Crippen LogP contribution in [0.1, 0.15) is 46.0 Å². The molecule has 78 valence electrons. The molecule has 0 unspecified atom stereocenters. The number of esters is 1. The van der Waals surface area contributed by atoms with Crippen LogP contribution in [0.25, 0.3) is 0 Å². The van der Waals surface area contributed by atoms with Gasteiger partial charge in [-0.2, -0.15) is 0 Å². The van der Waals surface area contributed by atoms with Crippen LogP contribution in [-0.2, 0) is 9.53 Å². The van der Waals surface area contributed by atoms with E-state index in [1.54, 1.807) is 0 Å². The molecule has 1 aliphatic heterocycles. The number of ether oxygens (including phenoxy) is 1. The van der Waals surface area contributed by atoms with E-state index in [0.717, 1.165) is 18.4 Å². The second-order valence-electron chi connectivity index (χ2n) is 4.77. The molecule has 0 aromatic carbocycles. The predicted octanol–water partition coefficient (Wildman–Crippen LogP) is 2.83. The standard InChI is InChI=1S/C12H18O2/c1-9(2)10-8-12(14-11(10)13)6-4-3-5-7-12/h8-9H,3-7H2,1-2H3. The largest absolute Gasteiger partial charge is 0.451 e. The summed E-state index contributed by atoms with van der Waals surface area (Å²) in [7, 11) is 0. The number of rotatable bonds is 1. The highest BCUT2D eigenvalue weighted by Crippen LogP contribution is 2.39. The third-order valence-corrected chi connectivity index (χ3v) is 3.27. The second-order valence-corrected chi connectivity index (χ2v) is 4.77. The fourth-order valence-corrected chi connectivity index (χ4v) is 2.41. The Bertz CT molecular complexity index is 270. The Hall–Kier alpha value is -0.790. The third kappa shape index (κ3) is 1.58. The Morgan fingerprint density at radius 2 is 1.93 bits per heavy atom. The Labute approximate surface area is 85.3 Å². The molecule has 0 aromatic heterocycles. The highest BCUT2D eigenvalue weighted by molar-refractivity contribution is 5.92. The zero-order chi connectivity index (χ0) is 10.2. The van der Waals surface area contributed by atoms with Crippen molar-refractivity contribution in [1.82, 2.24) is 0 Å². The molecule has 0 amide bonds. The summed E-state index contributed by atoms with van der Waals surface area (Å²) in [6.45, 7) is 4.10. The first-order chi connectivity index (χ1) is 6.63. The molecule has 0 N–H and O–H groups in total. The van der Waals surface area contributed by atoms with E-state index in [1.807, 2.05) is 0 Å². The van der Waals surface area contributed by atoms with Gasteiger partial charge in [0.25, 0.3) is 0 Å². The van der Waals surface area contributed by atoms with Crippen molar-refractivity contribution in [1.29, 1.82) is 0 Å². The number of carbonyl (C=O) groups is 1. The van der Waals surface area contributed by atoms with Crippen LogP contribution in [0.3, 0.4) is 0 Å². The van der Waals surface area contributed by atoms with Gasteiger partial charge in [-0.15, -0.1) is 0 Å². The van der Waals surface area contributed by atoms with Crippen molar-refractivity contribution < 1.29 is 9.53 Å². The van der Waals surface area contributed by atoms with Crippen LogP contribution in [0.15, 0.2) is 11.6 Å². The van der Waals surface area contributed by atoms with E-state index in [-0.39, 0.29) is 11.6 Å². The van der Waals surface area contributed by atoms with Gasteiger partial charge in [-0.1, -0.05) is 20.3 Å². The van der Waals surface area contributed by atoms with Gasteiger partial charge in [-0.05, 0) is 37.7 Å². The lowest BCUT2D eigenvalue weighted by atomic mass is 9.84. The van der Waals surface area contributed by atoms with Crippen LogP contribution in [0.2, 0.25) is 0 Å². The van der Waals surface area contributed by atoms with E-state index in [9.17, 15) is 4.79 Å². The van der Waals surface area contributed by atoms with Crippen LogP contribution >= 0.6 is 0 Å². The summed E-state index contributed by atoms with van der Waals surface area (Å²) in [6, 6.07) is 0. The first-order valence-corrected chi connectivity index (χ1v) is 5.59. The van der Waals surface area contributed by atoms with Crippen molar-refractivity contribution >= 4 is 5.97 Å². The summed E-state index contributed by atoms with van der Waals surface area (Å²) in [5, 5.41) is 0. The summed E-state index contributed by atoms with van der Waals surface area (Å²) in [6.07, 6.45) is 7.80. The molecule has 0 atom stereocenters. The molecular weight excluding hydrogens is 176 g/mol. The lowest BCUT2D eigenvalue weighted by Gasteiger charge is -2.30. The average molecular weight is 194 g/mol. The van der Waals surface area contributed by atoms with E-state index in [0.29, 0.717) is 5.92 Å². The highest BCUT2D eigenvalue weighted by atomic mass is 16.6. The van der Waals surface area contributed by atoms with E-state index >= 15 is 0 Å². The fraction of sp³-hybridized carbons (Fsp3) is 0.750. The fourth-order valence-electron chi connectivity index (χ4n) is 2.41. The number of hydrogen-bond donors (Lipinski definition) is 0. The molecule has 2 heteroatoms. The summed E-state index contributed by atoms with van der Waals surface area (Å²) < 4.78 is 5.53. The average Bonchev–Trinajstić information content (AvgIpc) is 2.44. The molecular formula is C12H18O2. The van der Waals surface area contributed by atoms with Crippen molar-refractivity contribution in [2.45, 2.75) is 51.6 Å². The molecule has 14 heavy (non-hydrogen) atoms. The van der Waals surface area contributed by atoms with E-state index in [1.165, 1.54) is 19.3 Å². The van der Waals surface area contributed by atoms with E-state index in [4.69, 9.17) is 4.74 Å². The van der Waals surface area contributed by atoms with E-state index in [2.05, 4.69) is 19.9 Å². The van der Waals surface area contributed by atoms with Crippen LogP contribution in [0, 0.1) is 5.92 Å². The lowest BCUT2D eigenvalue weighted by molar-refractivity contribution is -0.148. The highest BCUT2D eigenvalue weighted by Gasteiger charge is 2.41. The summed E-state index contributed by atoms with van der Waals surface area (Å²) in [5.74, 6) is 0.214. The molecule has 2 nitrogen and oxygen atoms in total. The van der Waals surface area contributed by atoms with Crippen LogP contribution in [0.4, 0.5) is 0 Å². The molecule has 0 radical (unpaired) electrons. The Morgan fingerprint density at radius 3 is 2.43 bits per heavy atom. The van der Waals surface area contributed by atoms with Gasteiger partial charge in [-0.25, -0.2) is 4.79 Å². The maximum Gasteiger partial charge on any atom is 0.334 e. The molecule has 2 rings (SSSR count). The van der Waals surface area contributed by atoms with Gasteiger partial charge in [0.05, 0.1) is 0 Å². The number of hydrogen-bond acceptors (Lipinski definition) is 2. The van der Waals surface area contributed by atoms with Gasteiger partial charge >= 0.3 is 5.97 Å². The monoisotopic (exact) mass is 194 g/mol. The molecule has 0 saturated heterocycles. The second kappa shape index (κ2) is 3.41. The van der Waals surface area contributed by atoms with Gasteiger partial charge in [0.15, 0.2) is 0 Å². The molecule has 1 saturated carbocycles. The topological polar surface area (TPSA) is 26.3 Å². The summed E-state index contributed by atoms with van der Waals surface area (Å²) in [4.78, 5) is 11.6. The molecule has 1 fully saturated rings. The van der Waals surface area contributed by atoms with Crippen molar-refractivity contribution in [3.63, 3.8) is 0 Å². The molecule has 0 aromatic rings. The summed E-state index contributed by atoms with van der Waals surface area (Å²) >= 11 is 0. The van der Waals surface area contributed by atoms with E-state index < -0.39 is 0 Å². The third-order valence-electron chi connectivity index (χ3n) is 3.27. The molecule has 1 heterocycles. The Morgan fingerprint density at radius 1 is 1.29 bits per heavy atom. The van der Waals surface area contributed by atoms with Crippen LogP contribution in [0.5, 0.6) is 0 Å². The van der Waals surface area contributed by atoms with Gasteiger partial charge in [0, 0.05) is 5.57 Å². The molecule has 1 aliphatic carbocycles. The quantitative estimate of drug-likeness (QED) is 0.600. The Balaban J connectivity index is 2.20. The van der Waals surface area contributed by atoms with Gasteiger partial charge in [0.2, 0.25) is 0 Å². The van der Waals surface area contributed by atoms with Gasteiger partial charge in [0.1, 0.15) is 5.60 Å². The predicted molar refractivity (Wildman–Crippen MR) is 54.8 cm³/mol. The maximum atomic E-state index is 11.6. The number of carbonyl (C=O) groups excluding carboxylic acids is 1. The van der Waals surface area contributed by atoms with Gasteiger partial charge < -0.3 is 4.74 Å². The van der Waals surface area contributed by atoms with Crippen LogP contribution < -0.4 is 0 Å². The maximum absolute atomic E-state index is 11.6. The SMILES string of the molecule is CC(C)C1=CC2(CCCCC2)OC1=O. The first kappa shape index (κ1) is 9.75. The van der Waals surface area contributed by atoms with Gasteiger partial charge in [-0.3, -0.25) is 0 Å². The zero-order valence-corrected chi connectivity index (χ0v) is 9.01. The normalized spacial score (nSPS) is 25.4.